The molecule has 734 valence electrons. The maximum atomic E-state index is 14.3. The minimum absolute atomic E-state index is 0.0462. The van der Waals surface area contributed by atoms with E-state index in [4.69, 9.17) is 110 Å². The maximum Gasteiger partial charge on any atom is 0.407 e. The van der Waals surface area contributed by atoms with E-state index in [0.717, 1.165) is 79.5 Å². The molecule has 5 amide bonds. The zero-order valence-electron chi connectivity index (χ0n) is 77.2. The van der Waals surface area contributed by atoms with Gasteiger partial charge in [0, 0.05) is 91.6 Å². The van der Waals surface area contributed by atoms with Crippen LogP contribution in [0.3, 0.4) is 0 Å². The summed E-state index contributed by atoms with van der Waals surface area (Å²) in [6.45, 7) is 15.9. The van der Waals surface area contributed by atoms with Crippen LogP contribution in [0.5, 0.6) is 5.75 Å². The van der Waals surface area contributed by atoms with Crippen molar-refractivity contribution in [3.8, 4) is 16.9 Å². The predicted molar refractivity (Wildman–Crippen MR) is 481 cm³/mol. The lowest BCUT2D eigenvalue weighted by Gasteiger charge is -2.44. The number of benzene rings is 4. The highest BCUT2D eigenvalue weighted by Crippen LogP contribution is 2.45. The first-order valence-corrected chi connectivity index (χ1v) is 45.1. The molecular formula is C93H131N9O31. The summed E-state index contributed by atoms with van der Waals surface area (Å²) in [6.07, 6.45) is -4.62. The van der Waals surface area contributed by atoms with Crippen LogP contribution in [0.25, 0.3) is 33.1 Å². The minimum atomic E-state index is -1.75. The number of unbranched alkanes of at least 4 members (excludes halogenated alkanes) is 4. The first kappa shape index (κ1) is 107. The second-order valence-electron chi connectivity index (χ2n) is 30.7. The number of hydrogen-bond acceptors (Lipinski definition) is 34. The normalized spacial score (nSPS) is 15.3. The predicted octanol–water partition coefficient (Wildman–Crippen LogP) is 7.71. The quantitative estimate of drug-likeness (QED) is 0.0121. The molecule has 2 aromatic heterocycles. The Balaban J connectivity index is 0.784. The average molecular weight is 1870 g/mol. The number of nitrogen functional groups attached to an aromatic ring is 1. The van der Waals surface area contributed by atoms with E-state index in [2.05, 4.69) is 43.1 Å². The summed E-state index contributed by atoms with van der Waals surface area (Å²) >= 11 is 0. The Hall–Kier alpha value is -10.9. The number of methoxy groups -OCH3 is 2. The molecule has 0 unspecified atom stereocenters. The zero-order valence-corrected chi connectivity index (χ0v) is 77.2. The number of nitrogens with two attached hydrogens (primary N) is 1. The van der Waals surface area contributed by atoms with Crippen molar-refractivity contribution in [1.82, 2.24) is 35.8 Å². The van der Waals surface area contributed by atoms with Crippen LogP contribution in [0, 0.1) is 0 Å². The van der Waals surface area contributed by atoms with E-state index in [1.165, 1.54) is 25.3 Å². The molecule has 40 heteroatoms. The molecular weight excluding hydrogens is 1740 g/mol. The number of esters is 5. The highest BCUT2D eigenvalue weighted by molar-refractivity contribution is 6.08. The summed E-state index contributed by atoms with van der Waals surface area (Å²) in [5.74, 6) is -4.90. The standard InChI is InChI=1S/C93H131N9O31/c1-8-9-24-80-101-83-84(73-27-26-68(90(110)114-7)59-76(73)99-88(83)94)102(80)34-18-10-16-32-97-92(111)127-60-67-25-28-78(132-91-87(131-66(5)106)86(130-65(4)105)85(129-64(3)104)79(133-91)62-126-63(2)103)77(58-67)98-82(108)29-33-96-89(109)75(100-93(112)128-61-74-71-21-13-11-19-69(71)70-20-12-14-22-72(70)74)23-15-17-31-95-81(107)30-35-115-38-39-117-42-43-119-46-47-121-50-51-123-54-55-125-57-56-124-53-52-122-49-48-120-45-44-118-41-40-116-37-36-113-6/h11-14,19-22,25-28,58-59,74-75,79,85-87,91H,8-10,15-18,23-24,29-57,60-62H2,1-7H3,(H2,94,99)(H,95,107)(H,96,109)(H,97,111)(H,98,108)(H,100,112)/t75-,79+,85+,86-,87-,91-/m0/s1. The van der Waals surface area contributed by atoms with Gasteiger partial charge in [-0.2, -0.15) is 0 Å². The molecule has 6 atom stereocenters. The Labute approximate surface area is 774 Å². The van der Waals surface area contributed by atoms with Gasteiger partial charge in [-0.05, 0) is 103 Å². The first-order chi connectivity index (χ1) is 64.7. The van der Waals surface area contributed by atoms with Crippen molar-refractivity contribution >= 4 is 93.2 Å². The van der Waals surface area contributed by atoms with Gasteiger partial charge >= 0.3 is 42.0 Å². The van der Waals surface area contributed by atoms with Gasteiger partial charge in [0.15, 0.2) is 18.0 Å². The van der Waals surface area contributed by atoms with E-state index in [1.807, 2.05) is 54.6 Å². The van der Waals surface area contributed by atoms with Crippen molar-refractivity contribution in [1.29, 1.82) is 0 Å². The summed E-state index contributed by atoms with van der Waals surface area (Å²) < 4.78 is 119. The third-order valence-corrected chi connectivity index (χ3v) is 20.6. The van der Waals surface area contributed by atoms with Crippen molar-refractivity contribution in [2.75, 3.05) is 210 Å². The average Bonchev–Trinajstić information content (AvgIpc) is 1.63. The monoisotopic (exact) mass is 1870 g/mol. The molecule has 0 spiro atoms. The molecule has 133 heavy (non-hydrogen) atoms. The lowest BCUT2D eigenvalue weighted by atomic mass is 9.98. The molecule has 4 aromatic carbocycles. The molecule has 0 bridgehead atoms. The van der Waals surface area contributed by atoms with Gasteiger partial charge in [-0.3, -0.25) is 33.6 Å². The minimum Gasteiger partial charge on any atom is -0.465 e. The Kier molecular flexibility index (Phi) is 50.0. The summed E-state index contributed by atoms with van der Waals surface area (Å²) in [5.41, 5.74) is 12.9. The van der Waals surface area contributed by atoms with E-state index in [0.29, 0.717) is 199 Å². The number of fused-ring (bicyclic) bond motifs is 6. The van der Waals surface area contributed by atoms with Crippen LogP contribution >= 0.6 is 0 Å². The molecule has 3 heterocycles. The molecule has 6 aromatic rings. The van der Waals surface area contributed by atoms with E-state index in [9.17, 15) is 47.9 Å². The van der Waals surface area contributed by atoms with Crippen LogP contribution in [-0.2, 0) is 148 Å². The van der Waals surface area contributed by atoms with E-state index >= 15 is 0 Å². The number of imidazole rings is 1. The summed E-state index contributed by atoms with van der Waals surface area (Å²) in [6, 6.07) is 23.9. The lowest BCUT2D eigenvalue weighted by molar-refractivity contribution is -0.288. The molecule has 8 rings (SSSR count). The number of anilines is 2. The molecule has 40 nitrogen and oxygen atoms in total. The van der Waals surface area contributed by atoms with Gasteiger partial charge in [-0.15, -0.1) is 0 Å². The number of aryl methyl sites for hydroxylation is 2. The number of nitrogens with zero attached hydrogens (tertiary/aromatic N) is 3. The SMILES string of the molecule is CCCCc1nc2c(N)nc3cc(C(=O)OC)ccc3c2n1CCCCCNC(=O)OCc1ccc(O[C@H]2O[C@H](COC(C)=O)[C@@H](OC(C)=O)[C@H](OC(C)=O)[C@@H]2OC(C)=O)c(NC(=O)CCNC(=O)[C@H](CCCCNC(=O)CCOCCOCCOCCOCCOCCOCCOCCOCCOCCOCCOCCOC)NC(=O)OCC2c3ccccc3-c3ccccc32)c1. The van der Waals surface area contributed by atoms with Gasteiger partial charge in [-0.1, -0.05) is 67.9 Å². The number of aromatic nitrogens is 3. The van der Waals surface area contributed by atoms with Crippen molar-refractivity contribution in [2.45, 2.75) is 161 Å². The summed E-state index contributed by atoms with van der Waals surface area (Å²) in [7, 11) is 2.94. The molecule has 1 fully saturated rings. The number of ether oxygens (including phenoxy) is 21. The van der Waals surface area contributed by atoms with E-state index in [1.54, 1.807) is 19.2 Å². The fourth-order valence-corrected chi connectivity index (χ4v) is 14.3. The Morgan fingerprint density at radius 1 is 0.496 bits per heavy atom. The summed E-state index contributed by atoms with van der Waals surface area (Å²) in [4.78, 5) is 141. The molecule has 7 N–H and O–H groups in total. The van der Waals surface area contributed by atoms with Gasteiger partial charge in [0.25, 0.3) is 0 Å². The second-order valence-corrected chi connectivity index (χ2v) is 30.7. The number of rotatable bonds is 68. The van der Waals surface area contributed by atoms with Crippen molar-refractivity contribution in [2.24, 2.45) is 0 Å². The van der Waals surface area contributed by atoms with Gasteiger partial charge in [0.05, 0.1) is 181 Å². The molecule has 0 radical (unpaired) electrons. The van der Waals surface area contributed by atoms with Crippen LogP contribution in [0.1, 0.15) is 138 Å². The topological polar surface area (TPSA) is 481 Å². The first-order valence-electron chi connectivity index (χ1n) is 45.1. The van der Waals surface area contributed by atoms with Crippen LogP contribution in [0.2, 0.25) is 0 Å². The molecule has 1 aliphatic carbocycles. The van der Waals surface area contributed by atoms with Crippen LogP contribution in [0.4, 0.5) is 21.1 Å². The highest BCUT2D eigenvalue weighted by Gasteiger charge is 2.54. The van der Waals surface area contributed by atoms with Gasteiger partial charge in [0.1, 0.15) is 49.1 Å². The number of alkyl carbamates (subject to hydrolysis) is 2. The molecule has 1 aliphatic heterocycles. The number of hydrogen-bond donors (Lipinski definition) is 6. The number of carbonyl (C=O) groups excluding carboxylic acids is 10. The Bertz CT molecular complexity index is 4530. The number of nitrogens with one attached hydrogen (secondary N) is 5. The summed E-state index contributed by atoms with van der Waals surface area (Å²) in [5, 5.41) is 14.7. The maximum absolute atomic E-state index is 14.3. The Morgan fingerprint density at radius 3 is 1.59 bits per heavy atom. The zero-order chi connectivity index (χ0) is 95.2. The molecule has 0 saturated carbocycles. The third kappa shape index (κ3) is 38.9. The number of amides is 5. The smallest absolute Gasteiger partial charge is 0.407 e. The van der Waals surface area contributed by atoms with Crippen molar-refractivity contribution < 1.29 is 147 Å². The second kappa shape index (κ2) is 61.8. The molecule has 1 saturated heterocycles. The van der Waals surface area contributed by atoms with Crippen LogP contribution in [-0.4, -0.2) is 310 Å². The van der Waals surface area contributed by atoms with Crippen LogP contribution < -0.4 is 37.1 Å². The highest BCUT2D eigenvalue weighted by atomic mass is 16.7. The molecule has 2 aliphatic rings. The van der Waals surface area contributed by atoms with Gasteiger partial charge in [-0.25, -0.2) is 24.4 Å². The van der Waals surface area contributed by atoms with Gasteiger partial charge < -0.3 is 136 Å². The lowest BCUT2D eigenvalue weighted by Crippen LogP contribution is -2.63. The Morgan fingerprint density at radius 2 is 1.04 bits per heavy atom. The third-order valence-electron chi connectivity index (χ3n) is 20.6. The van der Waals surface area contributed by atoms with Crippen LogP contribution in [0.15, 0.2) is 84.9 Å². The van der Waals surface area contributed by atoms with E-state index in [-0.39, 0.29) is 101 Å². The fourth-order valence-electron chi connectivity index (χ4n) is 14.3. The largest absolute Gasteiger partial charge is 0.465 e. The number of carbonyl (C=O) groups is 10. The van der Waals surface area contributed by atoms with Crippen molar-refractivity contribution in [3.05, 3.63) is 113 Å². The fraction of sp³-hybridized carbons (Fsp3) is 0.591. The van der Waals surface area contributed by atoms with Gasteiger partial charge in [0.2, 0.25) is 30.1 Å². The van der Waals surface area contributed by atoms with Crippen molar-refractivity contribution in [3.63, 3.8) is 0 Å². The van der Waals surface area contributed by atoms with E-state index < -0.39 is 97.2 Å². The number of pyridine rings is 1.